The summed E-state index contributed by atoms with van der Waals surface area (Å²) in [4.78, 5) is 23.5. The third-order valence-corrected chi connectivity index (χ3v) is 5.06. The molecule has 35 heavy (non-hydrogen) atoms. The number of hydrogen-bond donors (Lipinski definition) is 2. The van der Waals surface area contributed by atoms with Gasteiger partial charge in [-0.3, -0.25) is 4.79 Å². The predicted octanol–water partition coefficient (Wildman–Crippen LogP) is 5.18. The Labute approximate surface area is 208 Å². The largest absolute Gasteiger partial charge is 0.493 e. The number of carboxylic acid groups (broad SMARTS) is 1. The molecule has 2 N–H and O–H groups in total. The molecule has 0 saturated heterocycles. The molecule has 3 rings (SSSR count). The third kappa shape index (κ3) is 7.22. The standard InChI is InChI=1S/C26H25ClN2O6/c1-3-12-34-23-10-8-19(14-24(23)33-2)25(30)29-28-15-20-13-21(27)9-11-22(20)35-16-17-4-6-18(7-5-17)26(31)32/h4-11,13-15H,3,12,16H2,1-2H3,(H,29,30)(H,31,32)/b28-15+. The van der Waals surface area contributed by atoms with Crippen molar-refractivity contribution in [2.45, 2.75) is 20.0 Å². The van der Waals surface area contributed by atoms with Gasteiger partial charge in [-0.2, -0.15) is 5.10 Å². The van der Waals surface area contributed by atoms with E-state index in [1.165, 1.54) is 25.5 Å². The first-order chi connectivity index (χ1) is 16.9. The van der Waals surface area contributed by atoms with Gasteiger partial charge in [-0.1, -0.05) is 30.7 Å². The summed E-state index contributed by atoms with van der Waals surface area (Å²) in [6, 6.07) is 16.3. The minimum Gasteiger partial charge on any atom is -0.493 e. The van der Waals surface area contributed by atoms with Crippen LogP contribution in [0, 0.1) is 0 Å². The Morgan fingerprint density at radius 3 is 2.37 bits per heavy atom. The smallest absolute Gasteiger partial charge is 0.335 e. The Hall–Kier alpha value is -4.04. The lowest BCUT2D eigenvalue weighted by molar-refractivity contribution is 0.0696. The molecular formula is C26H25ClN2O6. The summed E-state index contributed by atoms with van der Waals surface area (Å²) < 4.78 is 16.8. The molecule has 8 nitrogen and oxygen atoms in total. The number of hydrogen-bond acceptors (Lipinski definition) is 6. The molecule has 9 heteroatoms. The lowest BCUT2D eigenvalue weighted by Gasteiger charge is -2.11. The highest BCUT2D eigenvalue weighted by Gasteiger charge is 2.11. The number of aromatic carboxylic acids is 1. The second-order valence-electron chi connectivity index (χ2n) is 7.39. The van der Waals surface area contributed by atoms with Gasteiger partial charge in [-0.05, 0) is 60.5 Å². The molecule has 0 aliphatic carbocycles. The van der Waals surface area contributed by atoms with Gasteiger partial charge >= 0.3 is 5.97 Å². The van der Waals surface area contributed by atoms with Crippen molar-refractivity contribution < 1.29 is 28.9 Å². The third-order valence-electron chi connectivity index (χ3n) is 4.82. The number of halogens is 1. The number of carboxylic acids is 1. The molecule has 0 unspecified atom stereocenters. The first-order valence-corrected chi connectivity index (χ1v) is 11.2. The van der Waals surface area contributed by atoms with Crippen molar-refractivity contribution in [3.63, 3.8) is 0 Å². The molecular weight excluding hydrogens is 472 g/mol. The van der Waals surface area contributed by atoms with Gasteiger partial charge in [-0.25, -0.2) is 10.2 Å². The first-order valence-electron chi connectivity index (χ1n) is 10.8. The fourth-order valence-electron chi connectivity index (χ4n) is 3.02. The minimum absolute atomic E-state index is 0.199. The molecule has 0 saturated carbocycles. The summed E-state index contributed by atoms with van der Waals surface area (Å²) in [5.41, 5.74) is 4.38. The van der Waals surface area contributed by atoms with Crippen LogP contribution >= 0.6 is 11.6 Å². The summed E-state index contributed by atoms with van der Waals surface area (Å²) in [5.74, 6) is 0.0954. The highest BCUT2D eigenvalue weighted by atomic mass is 35.5. The Kier molecular flexibility index (Phi) is 9.09. The Bertz CT molecular complexity index is 1210. The number of hydrazone groups is 1. The van der Waals surface area contributed by atoms with Gasteiger partial charge in [0.25, 0.3) is 5.91 Å². The topological polar surface area (TPSA) is 106 Å². The van der Waals surface area contributed by atoms with Crippen molar-refractivity contribution in [3.05, 3.63) is 87.9 Å². The molecule has 0 aliphatic rings. The lowest BCUT2D eigenvalue weighted by Crippen LogP contribution is -2.17. The maximum absolute atomic E-state index is 12.5. The first kappa shape index (κ1) is 25.6. The number of nitrogens with zero attached hydrogens (tertiary/aromatic N) is 1. The van der Waals surface area contributed by atoms with E-state index in [4.69, 9.17) is 30.9 Å². The average molecular weight is 497 g/mol. The second kappa shape index (κ2) is 12.4. The highest BCUT2D eigenvalue weighted by molar-refractivity contribution is 6.30. The number of methoxy groups -OCH3 is 1. The SMILES string of the molecule is CCCOc1ccc(C(=O)N/N=C/c2cc(Cl)ccc2OCc2ccc(C(=O)O)cc2)cc1OC. The number of nitrogens with one attached hydrogen (secondary N) is 1. The van der Waals surface area contributed by atoms with Crippen LogP contribution in [0.2, 0.25) is 5.02 Å². The van der Waals surface area contributed by atoms with Crippen LogP contribution in [-0.2, 0) is 6.61 Å². The van der Waals surface area contributed by atoms with Crippen molar-refractivity contribution in [3.8, 4) is 17.2 Å². The van der Waals surface area contributed by atoms with Crippen molar-refractivity contribution in [2.75, 3.05) is 13.7 Å². The molecule has 0 atom stereocenters. The summed E-state index contributed by atoms with van der Waals surface area (Å²) >= 11 is 6.12. The molecule has 0 radical (unpaired) electrons. The lowest BCUT2D eigenvalue weighted by atomic mass is 10.1. The van der Waals surface area contributed by atoms with Crippen LogP contribution in [0.3, 0.4) is 0 Å². The number of ether oxygens (including phenoxy) is 3. The number of amides is 1. The summed E-state index contributed by atoms with van der Waals surface area (Å²) in [5, 5.41) is 13.5. The average Bonchev–Trinajstić information content (AvgIpc) is 2.87. The van der Waals surface area contributed by atoms with Gasteiger partial charge in [0, 0.05) is 16.1 Å². The van der Waals surface area contributed by atoms with Crippen molar-refractivity contribution in [1.82, 2.24) is 5.43 Å². The molecule has 0 aliphatic heterocycles. The summed E-state index contributed by atoms with van der Waals surface area (Å²) in [6.07, 6.45) is 2.29. The molecule has 0 spiro atoms. The normalized spacial score (nSPS) is 10.7. The van der Waals surface area contributed by atoms with Crippen molar-refractivity contribution >= 4 is 29.7 Å². The fourth-order valence-corrected chi connectivity index (χ4v) is 3.20. The van der Waals surface area contributed by atoms with E-state index >= 15 is 0 Å². The Balaban J connectivity index is 1.67. The zero-order valence-corrected chi connectivity index (χ0v) is 20.0. The monoisotopic (exact) mass is 496 g/mol. The number of carbonyl (C=O) groups is 2. The van der Waals surface area contributed by atoms with Crippen LogP contribution in [0.25, 0.3) is 0 Å². The van der Waals surface area contributed by atoms with E-state index in [-0.39, 0.29) is 12.2 Å². The van der Waals surface area contributed by atoms with E-state index < -0.39 is 11.9 Å². The quantitative estimate of drug-likeness (QED) is 0.280. The molecule has 3 aromatic rings. The fraction of sp³-hybridized carbons (Fsp3) is 0.192. The van der Waals surface area contributed by atoms with Crippen LogP contribution in [0.4, 0.5) is 0 Å². The maximum atomic E-state index is 12.5. The molecule has 1 amide bonds. The molecule has 0 bridgehead atoms. The van der Waals surface area contributed by atoms with E-state index in [1.54, 1.807) is 48.5 Å². The molecule has 0 fully saturated rings. The van der Waals surface area contributed by atoms with Crippen molar-refractivity contribution in [2.24, 2.45) is 5.10 Å². The number of carbonyl (C=O) groups excluding carboxylic acids is 1. The molecule has 0 heterocycles. The Morgan fingerprint density at radius 2 is 1.69 bits per heavy atom. The maximum Gasteiger partial charge on any atom is 0.335 e. The molecule has 182 valence electrons. The van der Waals surface area contributed by atoms with Gasteiger partial charge in [0.2, 0.25) is 0 Å². The Morgan fingerprint density at radius 1 is 0.971 bits per heavy atom. The van der Waals surface area contributed by atoms with Gasteiger partial charge < -0.3 is 19.3 Å². The number of rotatable bonds is 11. The summed E-state index contributed by atoms with van der Waals surface area (Å²) in [7, 11) is 1.51. The van der Waals surface area contributed by atoms with Crippen LogP contribution in [0.15, 0.2) is 65.8 Å². The molecule has 0 aromatic heterocycles. The second-order valence-corrected chi connectivity index (χ2v) is 7.82. The number of benzene rings is 3. The van der Waals surface area contributed by atoms with Gasteiger partial charge in [0.15, 0.2) is 11.5 Å². The zero-order valence-electron chi connectivity index (χ0n) is 19.3. The van der Waals surface area contributed by atoms with E-state index in [0.29, 0.717) is 40.0 Å². The molecule has 3 aromatic carbocycles. The van der Waals surface area contributed by atoms with Crippen LogP contribution in [0.5, 0.6) is 17.2 Å². The van der Waals surface area contributed by atoms with Gasteiger partial charge in [-0.15, -0.1) is 0 Å². The van der Waals surface area contributed by atoms with Crippen LogP contribution < -0.4 is 19.6 Å². The van der Waals surface area contributed by atoms with E-state index in [2.05, 4.69) is 10.5 Å². The van der Waals surface area contributed by atoms with Gasteiger partial charge in [0.1, 0.15) is 12.4 Å². The predicted molar refractivity (Wildman–Crippen MR) is 133 cm³/mol. The van der Waals surface area contributed by atoms with Crippen molar-refractivity contribution in [1.29, 1.82) is 0 Å². The van der Waals surface area contributed by atoms with Gasteiger partial charge in [0.05, 0.1) is 25.5 Å². The zero-order chi connectivity index (χ0) is 25.2. The minimum atomic E-state index is -0.991. The van der Waals surface area contributed by atoms with E-state index in [1.807, 2.05) is 6.92 Å². The van der Waals surface area contributed by atoms with E-state index in [9.17, 15) is 9.59 Å². The van der Waals surface area contributed by atoms with E-state index in [0.717, 1.165) is 12.0 Å². The van der Waals surface area contributed by atoms with Crippen LogP contribution in [-0.4, -0.2) is 36.9 Å². The summed E-state index contributed by atoms with van der Waals surface area (Å²) in [6.45, 7) is 2.76. The highest BCUT2D eigenvalue weighted by Crippen LogP contribution is 2.28. The van der Waals surface area contributed by atoms with Crippen LogP contribution in [0.1, 0.15) is 45.2 Å².